The van der Waals surface area contributed by atoms with Gasteiger partial charge in [0.1, 0.15) is 24.4 Å². The van der Waals surface area contributed by atoms with Crippen LogP contribution in [0, 0.1) is 0 Å². The van der Waals surface area contributed by atoms with Crippen molar-refractivity contribution in [2.24, 2.45) is 5.11 Å². The summed E-state index contributed by atoms with van der Waals surface area (Å²) in [7, 11) is 0. The smallest absolute Gasteiger partial charge is 0.308 e. The van der Waals surface area contributed by atoms with Crippen molar-refractivity contribution < 1.29 is 33.2 Å². The molecule has 0 amide bonds. The van der Waals surface area contributed by atoms with Crippen LogP contribution in [0.3, 0.4) is 0 Å². The van der Waals surface area contributed by atoms with E-state index < -0.39 is 42.5 Å². The second kappa shape index (κ2) is 18.1. The Bertz CT molecular complexity index is 1570. The van der Waals surface area contributed by atoms with Crippen LogP contribution in [0.5, 0.6) is 0 Å². The van der Waals surface area contributed by atoms with Gasteiger partial charge in [0.25, 0.3) is 0 Å². The lowest BCUT2D eigenvalue weighted by atomic mass is 9.88. The molecule has 4 aromatic carbocycles. The van der Waals surface area contributed by atoms with Gasteiger partial charge in [-0.3, -0.25) is 4.79 Å². The number of esters is 1. The molecule has 0 radical (unpaired) electrons. The van der Waals surface area contributed by atoms with Crippen LogP contribution >= 0.6 is 0 Å². The Balaban J connectivity index is 1.54. The molecule has 0 bridgehead atoms. The Morgan fingerprint density at radius 3 is 1.65 bits per heavy atom. The van der Waals surface area contributed by atoms with Gasteiger partial charge in [0, 0.05) is 4.91 Å². The quantitative estimate of drug-likeness (QED) is 0.0508. The number of carbonyl (C=O) groups is 1. The van der Waals surface area contributed by atoms with Gasteiger partial charge in [0.2, 0.25) is 0 Å². The zero-order chi connectivity index (χ0) is 33.4. The van der Waals surface area contributed by atoms with Gasteiger partial charge in [-0.1, -0.05) is 126 Å². The number of carbonyl (C=O) groups excluding carboxylic acids is 1. The summed E-state index contributed by atoms with van der Waals surface area (Å²) in [5.74, 6) is -0.604. The van der Waals surface area contributed by atoms with Crippen molar-refractivity contribution in [3.05, 3.63) is 154 Å². The average molecular weight is 652 g/mol. The Morgan fingerprint density at radius 1 is 0.708 bits per heavy atom. The van der Waals surface area contributed by atoms with E-state index in [4.69, 9.17) is 28.4 Å². The van der Waals surface area contributed by atoms with Gasteiger partial charge < -0.3 is 28.4 Å². The zero-order valence-electron chi connectivity index (χ0n) is 27.0. The van der Waals surface area contributed by atoms with Gasteiger partial charge in [0.05, 0.1) is 46.1 Å². The molecule has 1 saturated heterocycles. The third-order valence-corrected chi connectivity index (χ3v) is 7.94. The number of benzene rings is 4. The molecule has 0 spiro atoms. The van der Waals surface area contributed by atoms with Gasteiger partial charge >= 0.3 is 5.97 Å². The molecule has 0 unspecified atom stereocenters. The minimum absolute atomic E-state index is 0.0521. The van der Waals surface area contributed by atoms with Crippen molar-refractivity contribution in [3.63, 3.8) is 0 Å². The van der Waals surface area contributed by atoms with Gasteiger partial charge in [-0.25, -0.2) is 0 Å². The summed E-state index contributed by atoms with van der Waals surface area (Å²) >= 11 is 0. The van der Waals surface area contributed by atoms with E-state index >= 15 is 0 Å². The molecule has 5 rings (SSSR count). The number of ether oxygens (including phenoxy) is 6. The first-order valence-electron chi connectivity index (χ1n) is 16.1. The number of hydrogen-bond acceptors (Lipinski definition) is 8. The van der Waals surface area contributed by atoms with Crippen LogP contribution in [-0.4, -0.2) is 49.3 Å². The molecule has 1 fully saturated rings. The molecule has 10 heteroatoms. The Kier molecular flexibility index (Phi) is 13.1. The molecule has 0 N–H and O–H groups in total. The van der Waals surface area contributed by atoms with Crippen molar-refractivity contribution in [1.82, 2.24) is 0 Å². The highest BCUT2D eigenvalue weighted by Crippen LogP contribution is 2.40. The van der Waals surface area contributed by atoms with Crippen LogP contribution in [0.1, 0.15) is 35.6 Å². The molecule has 1 aliphatic heterocycles. The molecule has 1 aliphatic rings. The van der Waals surface area contributed by atoms with Crippen LogP contribution < -0.4 is 0 Å². The summed E-state index contributed by atoms with van der Waals surface area (Å²) in [5.41, 5.74) is 11.8. The highest BCUT2D eigenvalue weighted by atomic mass is 16.6. The van der Waals surface area contributed by atoms with E-state index in [-0.39, 0.29) is 33.0 Å². The minimum atomic E-state index is -1.84. The molecule has 48 heavy (non-hydrogen) atoms. The van der Waals surface area contributed by atoms with E-state index in [0.29, 0.717) is 6.61 Å². The summed E-state index contributed by atoms with van der Waals surface area (Å²) in [6, 6.07) is 38.8. The third kappa shape index (κ3) is 9.74. The Morgan fingerprint density at radius 2 is 1.17 bits per heavy atom. The summed E-state index contributed by atoms with van der Waals surface area (Å²) in [6.07, 6.45) is -3.93. The number of nitrogens with zero attached hydrogens (tertiary/aromatic N) is 3. The van der Waals surface area contributed by atoms with E-state index in [2.05, 4.69) is 10.0 Å². The predicted molar refractivity (Wildman–Crippen MR) is 179 cm³/mol. The van der Waals surface area contributed by atoms with E-state index in [1.165, 1.54) is 0 Å². The number of rotatable bonds is 17. The fourth-order valence-electron chi connectivity index (χ4n) is 5.69. The van der Waals surface area contributed by atoms with Crippen molar-refractivity contribution in [3.8, 4) is 0 Å². The molecule has 5 atom stereocenters. The molecular formula is C38H41N3O7. The lowest BCUT2D eigenvalue weighted by Gasteiger charge is -2.50. The summed E-state index contributed by atoms with van der Waals surface area (Å²) in [6.45, 7) is 2.78. The Hall–Kier alpha value is -4.54. The lowest BCUT2D eigenvalue weighted by Crippen LogP contribution is -2.66. The van der Waals surface area contributed by atoms with Gasteiger partial charge in [0.15, 0.2) is 5.72 Å². The molecule has 10 nitrogen and oxygen atoms in total. The molecule has 0 saturated carbocycles. The van der Waals surface area contributed by atoms with E-state index in [1.807, 2.05) is 121 Å². The standard InChI is InChI=1S/C38H41N3O7/c1-2-44-34(42)23-38(40-41-39)37(47-27-32-21-13-6-14-22-32)36(46-26-31-19-11-5-12-20-31)35(45-25-30-17-9-4-10-18-30)33(48-38)28-43-24-29-15-7-3-8-16-29/h3-22,33,35-37H,2,23-28H2,1H3/t33-,35+,36+,37-,38+/m1/s1. The Labute approximate surface area is 281 Å². The molecular weight excluding hydrogens is 610 g/mol. The fourth-order valence-corrected chi connectivity index (χ4v) is 5.69. The maximum Gasteiger partial charge on any atom is 0.308 e. The van der Waals surface area contributed by atoms with Crippen molar-refractivity contribution >= 4 is 5.97 Å². The van der Waals surface area contributed by atoms with Gasteiger partial charge in [-0.15, -0.1) is 0 Å². The van der Waals surface area contributed by atoms with Crippen LogP contribution in [-0.2, 0) is 59.6 Å². The third-order valence-electron chi connectivity index (χ3n) is 7.94. The van der Waals surface area contributed by atoms with Crippen LogP contribution in [0.25, 0.3) is 10.4 Å². The highest BCUT2D eigenvalue weighted by Gasteiger charge is 2.58. The molecule has 1 heterocycles. The van der Waals surface area contributed by atoms with E-state index in [9.17, 15) is 10.3 Å². The van der Waals surface area contributed by atoms with Crippen LogP contribution in [0.4, 0.5) is 0 Å². The second-order valence-corrected chi connectivity index (χ2v) is 11.4. The SMILES string of the molecule is CCOC(=O)C[C@]1(N=[N+]=[N-])O[C@H](COCc2ccccc2)[C@H](OCc2ccccc2)[C@H](OCc2ccccc2)[C@H]1OCc1ccccc1. The van der Waals surface area contributed by atoms with Gasteiger partial charge in [-0.05, 0) is 34.7 Å². The largest absolute Gasteiger partial charge is 0.466 e. The number of hydrogen-bond donors (Lipinski definition) is 0. The summed E-state index contributed by atoms with van der Waals surface area (Å²) in [4.78, 5) is 16.3. The monoisotopic (exact) mass is 651 g/mol. The first-order chi connectivity index (χ1) is 23.6. The van der Waals surface area contributed by atoms with Gasteiger partial charge in [-0.2, -0.15) is 0 Å². The predicted octanol–water partition coefficient (Wildman–Crippen LogP) is 7.32. The molecule has 4 aromatic rings. The molecule has 250 valence electrons. The molecule has 0 aliphatic carbocycles. The lowest BCUT2D eigenvalue weighted by molar-refractivity contribution is -0.307. The van der Waals surface area contributed by atoms with Crippen molar-refractivity contribution in [2.45, 2.75) is 69.9 Å². The van der Waals surface area contributed by atoms with E-state index in [1.54, 1.807) is 6.92 Å². The summed E-state index contributed by atoms with van der Waals surface area (Å²) < 4.78 is 38.1. The van der Waals surface area contributed by atoms with Crippen LogP contribution in [0.2, 0.25) is 0 Å². The maximum atomic E-state index is 13.2. The second-order valence-electron chi connectivity index (χ2n) is 11.4. The topological polar surface area (TPSA) is 121 Å². The zero-order valence-corrected chi connectivity index (χ0v) is 27.0. The average Bonchev–Trinajstić information content (AvgIpc) is 3.12. The normalized spacial score (nSPS) is 22.0. The minimum Gasteiger partial charge on any atom is -0.466 e. The maximum absolute atomic E-state index is 13.2. The van der Waals surface area contributed by atoms with Crippen LogP contribution in [0.15, 0.2) is 126 Å². The van der Waals surface area contributed by atoms with Crippen molar-refractivity contribution in [2.75, 3.05) is 13.2 Å². The van der Waals surface area contributed by atoms with E-state index in [0.717, 1.165) is 22.3 Å². The first-order valence-corrected chi connectivity index (χ1v) is 16.1. The molecule has 0 aromatic heterocycles. The highest BCUT2D eigenvalue weighted by molar-refractivity contribution is 5.71. The first kappa shape index (κ1) is 34.8. The number of azide groups is 1. The fraction of sp³-hybridized carbons (Fsp3) is 0.342. The van der Waals surface area contributed by atoms with Crippen molar-refractivity contribution in [1.29, 1.82) is 0 Å². The summed E-state index contributed by atoms with van der Waals surface area (Å²) in [5, 5.41) is 4.15.